The Morgan fingerprint density at radius 2 is 1.81 bits per heavy atom. The fourth-order valence-corrected chi connectivity index (χ4v) is 6.45. The average molecular weight is 514 g/mol. The van der Waals surface area contributed by atoms with Crippen LogP contribution in [0.4, 0.5) is 5.82 Å². The monoisotopic (exact) mass is 513 g/mol. The number of piperazine rings is 1. The Morgan fingerprint density at radius 1 is 0.973 bits per heavy atom. The number of fused-ring (bicyclic) bond motifs is 2. The molecule has 37 heavy (non-hydrogen) atoms. The highest BCUT2D eigenvalue weighted by Gasteiger charge is 2.29. The summed E-state index contributed by atoms with van der Waals surface area (Å²) in [6.45, 7) is 6.77. The number of hydrogen-bond acceptors (Lipinski definition) is 10. The molecular weight excluding hydrogens is 486 g/mol. The highest BCUT2D eigenvalue weighted by molar-refractivity contribution is 7.19. The van der Waals surface area contributed by atoms with Gasteiger partial charge in [-0.1, -0.05) is 12.1 Å². The predicted octanol–water partition coefficient (Wildman–Crippen LogP) is 2.86. The van der Waals surface area contributed by atoms with Crippen molar-refractivity contribution in [2.75, 3.05) is 57.4 Å². The van der Waals surface area contributed by atoms with Gasteiger partial charge in [-0.2, -0.15) is 5.10 Å². The number of morpholine rings is 1. The van der Waals surface area contributed by atoms with Gasteiger partial charge in [0.25, 0.3) is 0 Å². The number of thiophene rings is 1. The molecule has 1 atom stereocenters. The van der Waals surface area contributed by atoms with Gasteiger partial charge in [0.05, 0.1) is 35.1 Å². The van der Waals surface area contributed by atoms with Gasteiger partial charge in [-0.25, -0.2) is 19.9 Å². The molecule has 0 bridgehead atoms. The molecular formula is C26H27N9OS. The number of ether oxygens (including phenoxy) is 1. The molecule has 5 aromatic rings. The van der Waals surface area contributed by atoms with E-state index < -0.39 is 0 Å². The van der Waals surface area contributed by atoms with Crippen molar-refractivity contribution in [1.29, 1.82) is 0 Å². The summed E-state index contributed by atoms with van der Waals surface area (Å²) in [4.78, 5) is 25.6. The molecule has 2 aliphatic rings. The second kappa shape index (κ2) is 9.75. The van der Waals surface area contributed by atoms with Crippen molar-refractivity contribution in [3.8, 4) is 11.4 Å². The Balaban J connectivity index is 1.41. The molecule has 2 aliphatic heterocycles. The van der Waals surface area contributed by atoms with Gasteiger partial charge in [-0.05, 0) is 18.2 Å². The van der Waals surface area contributed by atoms with E-state index >= 15 is 0 Å². The summed E-state index contributed by atoms with van der Waals surface area (Å²) < 4.78 is 6.75. The van der Waals surface area contributed by atoms with Gasteiger partial charge in [-0.15, -0.1) is 11.3 Å². The quantitative estimate of drug-likeness (QED) is 0.367. The van der Waals surface area contributed by atoms with Gasteiger partial charge in [0.15, 0.2) is 17.5 Å². The summed E-state index contributed by atoms with van der Waals surface area (Å²) in [5, 5.41) is 11.8. The lowest BCUT2D eigenvalue weighted by atomic mass is 10.1. The molecule has 1 aromatic carbocycles. The second-order valence-electron chi connectivity index (χ2n) is 9.27. The fourth-order valence-electron chi connectivity index (χ4n) is 5.20. The predicted molar refractivity (Wildman–Crippen MR) is 144 cm³/mol. The summed E-state index contributed by atoms with van der Waals surface area (Å²) in [6, 6.07) is 10.2. The lowest BCUT2D eigenvalue weighted by molar-refractivity contribution is 0.122. The Morgan fingerprint density at radius 3 is 2.65 bits per heavy atom. The molecule has 2 N–H and O–H groups in total. The molecule has 0 spiro atoms. The summed E-state index contributed by atoms with van der Waals surface area (Å²) in [7, 11) is 0. The average Bonchev–Trinajstić information content (AvgIpc) is 3.61. The minimum Gasteiger partial charge on any atom is -0.378 e. The zero-order valence-electron chi connectivity index (χ0n) is 20.3. The number of nitrogens with one attached hydrogen (secondary N) is 2. The van der Waals surface area contributed by atoms with Crippen molar-refractivity contribution < 1.29 is 4.74 Å². The van der Waals surface area contributed by atoms with Crippen LogP contribution in [0, 0.1) is 0 Å². The normalized spacial score (nSPS) is 18.0. The molecule has 0 amide bonds. The van der Waals surface area contributed by atoms with Gasteiger partial charge in [0.2, 0.25) is 0 Å². The molecule has 10 nitrogen and oxygen atoms in total. The number of rotatable bonds is 5. The smallest absolute Gasteiger partial charge is 0.162 e. The third-order valence-corrected chi connectivity index (χ3v) is 8.20. The zero-order valence-corrected chi connectivity index (χ0v) is 21.1. The van der Waals surface area contributed by atoms with Gasteiger partial charge in [0, 0.05) is 67.5 Å². The number of H-pyrrole nitrogens is 1. The van der Waals surface area contributed by atoms with E-state index in [-0.39, 0.29) is 6.04 Å². The Kier molecular flexibility index (Phi) is 5.97. The van der Waals surface area contributed by atoms with Crippen molar-refractivity contribution in [3.63, 3.8) is 0 Å². The summed E-state index contributed by atoms with van der Waals surface area (Å²) in [5.74, 6) is 2.49. The van der Waals surface area contributed by atoms with Crippen molar-refractivity contribution in [2.24, 2.45) is 0 Å². The van der Waals surface area contributed by atoms with Crippen LogP contribution >= 0.6 is 11.3 Å². The Bertz CT molecular complexity index is 1520. The highest BCUT2D eigenvalue weighted by Crippen LogP contribution is 2.40. The lowest BCUT2D eigenvalue weighted by Gasteiger charge is -2.33. The highest BCUT2D eigenvalue weighted by atomic mass is 32.1. The van der Waals surface area contributed by atoms with Crippen molar-refractivity contribution in [3.05, 3.63) is 59.6 Å². The number of anilines is 1. The number of benzene rings is 1. The van der Waals surface area contributed by atoms with Crippen molar-refractivity contribution in [2.45, 2.75) is 6.04 Å². The van der Waals surface area contributed by atoms with Crippen LogP contribution in [0.3, 0.4) is 0 Å². The molecule has 6 heterocycles. The second-order valence-corrected chi connectivity index (χ2v) is 10.3. The maximum atomic E-state index is 5.65. The van der Waals surface area contributed by atoms with Crippen LogP contribution in [0.15, 0.2) is 48.9 Å². The van der Waals surface area contributed by atoms with Crippen LogP contribution in [-0.2, 0) is 4.74 Å². The first kappa shape index (κ1) is 22.7. The van der Waals surface area contributed by atoms with Gasteiger partial charge < -0.3 is 15.0 Å². The van der Waals surface area contributed by atoms with Crippen LogP contribution in [0.25, 0.3) is 32.5 Å². The standard InChI is InChI=1S/C26H27N9OS/c1-3-17(18-16-30-33-19(18)4-1)24-31-20-15-21(37-23(20)26(32-24)35-11-13-36-14-12-35)22(25-28-5-2-6-29-25)34-9-7-27-8-10-34/h1-6,15-16,22,27H,7-14H2,(H,30,33). The van der Waals surface area contributed by atoms with E-state index in [0.717, 1.165) is 77.6 Å². The number of aromatic amines is 1. The molecule has 7 rings (SSSR count). The molecule has 0 radical (unpaired) electrons. The minimum atomic E-state index is -0.0270. The van der Waals surface area contributed by atoms with Crippen molar-refractivity contribution in [1.82, 2.24) is 40.3 Å². The molecule has 11 heteroatoms. The van der Waals surface area contributed by atoms with Crippen LogP contribution in [0.2, 0.25) is 0 Å². The molecule has 0 saturated carbocycles. The molecule has 0 aliphatic carbocycles. The summed E-state index contributed by atoms with van der Waals surface area (Å²) in [5.41, 5.74) is 2.89. The van der Waals surface area contributed by atoms with Crippen molar-refractivity contribution >= 4 is 38.3 Å². The maximum Gasteiger partial charge on any atom is 0.162 e. The third kappa shape index (κ3) is 4.23. The van der Waals surface area contributed by atoms with Crippen LogP contribution < -0.4 is 10.2 Å². The number of hydrogen-bond donors (Lipinski definition) is 2. The largest absolute Gasteiger partial charge is 0.378 e. The third-order valence-electron chi connectivity index (χ3n) is 7.03. The lowest BCUT2D eigenvalue weighted by Crippen LogP contribution is -2.45. The fraction of sp³-hybridized carbons (Fsp3) is 0.346. The van der Waals surface area contributed by atoms with E-state index in [1.165, 1.54) is 4.88 Å². The van der Waals surface area contributed by atoms with Crippen LogP contribution in [-0.4, -0.2) is 87.5 Å². The van der Waals surface area contributed by atoms with E-state index in [1.807, 2.05) is 36.8 Å². The topological polar surface area (TPSA) is 108 Å². The van der Waals surface area contributed by atoms with Crippen LogP contribution in [0.5, 0.6) is 0 Å². The van der Waals surface area contributed by atoms with E-state index in [2.05, 4.69) is 47.4 Å². The summed E-state index contributed by atoms with van der Waals surface area (Å²) in [6.07, 6.45) is 5.50. The zero-order chi connectivity index (χ0) is 24.6. The first-order chi connectivity index (χ1) is 18.3. The molecule has 188 valence electrons. The SMILES string of the molecule is c1cnc(C(c2cc3nc(-c4cccc5[nH]ncc45)nc(N4CCOCC4)c3s2)N2CCNCC2)nc1. The molecule has 1 unspecified atom stereocenters. The van der Waals surface area contributed by atoms with E-state index in [0.29, 0.717) is 19.0 Å². The molecule has 2 fully saturated rings. The van der Waals surface area contributed by atoms with Crippen LogP contribution in [0.1, 0.15) is 16.7 Å². The van der Waals surface area contributed by atoms with Gasteiger partial charge in [-0.3, -0.25) is 10.00 Å². The Labute approximate surface area is 217 Å². The van der Waals surface area contributed by atoms with E-state index in [9.17, 15) is 0 Å². The molecule has 2 saturated heterocycles. The number of aromatic nitrogens is 6. The van der Waals surface area contributed by atoms with Gasteiger partial charge >= 0.3 is 0 Å². The first-order valence-electron chi connectivity index (χ1n) is 12.6. The van der Waals surface area contributed by atoms with E-state index in [4.69, 9.17) is 14.7 Å². The Hall–Kier alpha value is -3.51. The number of nitrogens with zero attached hydrogens (tertiary/aromatic N) is 7. The van der Waals surface area contributed by atoms with E-state index in [1.54, 1.807) is 11.3 Å². The van der Waals surface area contributed by atoms with Gasteiger partial charge in [0.1, 0.15) is 6.04 Å². The minimum absolute atomic E-state index is 0.0270. The molecule has 4 aromatic heterocycles. The summed E-state index contributed by atoms with van der Waals surface area (Å²) >= 11 is 1.76. The maximum absolute atomic E-state index is 5.65. The first-order valence-corrected chi connectivity index (χ1v) is 13.4.